The maximum absolute atomic E-state index is 13.2. The van der Waals surface area contributed by atoms with Crippen molar-refractivity contribution in [2.45, 2.75) is 103 Å². The SMILES string of the molecule is CC1CCCC(C(=O)CCC2C[C@@H]2C(=O)C2CCCC3CCCCC32)CC1. The molecule has 4 aliphatic rings. The lowest BCUT2D eigenvalue weighted by Crippen LogP contribution is -2.36. The van der Waals surface area contributed by atoms with Gasteiger partial charge in [-0.05, 0) is 62.2 Å². The van der Waals surface area contributed by atoms with Gasteiger partial charge in [-0.2, -0.15) is 0 Å². The third-order valence-electron chi connectivity index (χ3n) is 8.70. The average molecular weight is 373 g/mol. The number of fused-ring (bicyclic) bond motifs is 1. The average Bonchev–Trinajstić information content (AvgIpc) is 3.49. The van der Waals surface area contributed by atoms with E-state index in [4.69, 9.17) is 0 Å². The minimum atomic E-state index is 0.317. The second-order valence-electron chi connectivity index (χ2n) is 10.6. The number of rotatable bonds is 6. The van der Waals surface area contributed by atoms with Crippen molar-refractivity contribution in [1.82, 2.24) is 0 Å². The Bertz CT molecular complexity index is 536. The highest BCUT2D eigenvalue weighted by Crippen LogP contribution is 2.50. The summed E-state index contributed by atoms with van der Waals surface area (Å²) in [5.74, 6) is 5.01. The van der Waals surface area contributed by atoms with Gasteiger partial charge in [0.25, 0.3) is 0 Å². The molecule has 0 spiro atoms. The second kappa shape index (κ2) is 8.78. The molecule has 0 N–H and O–H groups in total. The van der Waals surface area contributed by atoms with Crippen molar-refractivity contribution in [2.75, 3.05) is 0 Å². The molecule has 0 saturated heterocycles. The Morgan fingerprint density at radius 2 is 1.56 bits per heavy atom. The highest BCUT2D eigenvalue weighted by Gasteiger charge is 2.48. The van der Waals surface area contributed by atoms with E-state index in [1.807, 2.05) is 0 Å². The maximum atomic E-state index is 13.2. The van der Waals surface area contributed by atoms with E-state index in [2.05, 4.69) is 6.92 Å². The first-order valence-corrected chi connectivity index (χ1v) is 12.2. The molecule has 2 heteroatoms. The lowest BCUT2D eigenvalue weighted by molar-refractivity contribution is -0.129. The van der Waals surface area contributed by atoms with Gasteiger partial charge in [-0.25, -0.2) is 0 Å². The fourth-order valence-electron chi connectivity index (χ4n) is 6.82. The Hall–Kier alpha value is -0.660. The predicted octanol–water partition coefficient (Wildman–Crippen LogP) is 6.36. The largest absolute Gasteiger partial charge is 0.299 e. The first-order chi connectivity index (χ1) is 13.1. The summed E-state index contributed by atoms with van der Waals surface area (Å²) in [6.07, 6.45) is 18.0. The van der Waals surface area contributed by atoms with Crippen LogP contribution in [0.4, 0.5) is 0 Å². The van der Waals surface area contributed by atoms with Crippen LogP contribution in [0.2, 0.25) is 0 Å². The summed E-state index contributed by atoms with van der Waals surface area (Å²) >= 11 is 0. The van der Waals surface area contributed by atoms with Crippen LogP contribution in [0.15, 0.2) is 0 Å². The Balaban J connectivity index is 1.23. The molecule has 4 rings (SSSR count). The van der Waals surface area contributed by atoms with Gasteiger partial charge in [0.1, 0.15) is 11.6 Å². The Labute approximate surface area is 166 Å². The standard InChI is InChI=1S/C25H40O2/c1-17-6-4-9-19(13-12-17)24(26)15-14-20-16-23(20)25(27)22-11-5-8-18-7-2-3-10-21(18)22/h17-23H,2-16H2,1H3/t17?,18?,19?,20?,21?,22?,23-/m0/s1. The van der Waals surface area contributed by atoms with Crippen LogP contribution < -0.4 is 0 Å². The predicted molar refractivity (Wildman–Crippen MR) is 109 cm³/mol. The zero-order valence-electron chi connectivity index (χ0n) is 17.5. The molecule has 0 aromatic carbocycles. The van der Waals surface area contributed by atoms with Crippen molar-refractivity contribution in [3.63, 3.8) is 0 Å². The molecule has 0 aromatic rings. The second-order valence-corrected chi connectivity index (χ2v) is 10.6. The van der Waals surface area contributed by atoms with Gasteiger partial charge < -0.3 is 0 Å². The summed E-state index contributed by atoms with van der Waals surface area (Å²) in [5, 5.41) is 0. The number of carbonyl (C=O) groups is 2. The minimum Gasteiger partial charge on any atom is -0.299 e. The van der Waals surface area contributed by atoms with Gasteiger partial charge in [0, 0.05) is 24.2 Å². The van der Waals surface area contributed by atoms with Crippen LogP contribution in [0.25, 0.3) is 0 Å². The number of hydrogen-bond donors (Lipinski definition) is 0. The molecule has 6 unspecified atom stereocenters. The molecule has 4 fully saturated rings. The molecular formula is C25H40O2. The third kappa shape index (κ3) is 4.67. The molecule has 152 valence electrons. The molecule has 0 radical (unpaired) electrons. The van der Waals surface area contributed by atoms with Crippen LogP contribution >= 0.6 is 0 Å². The highest BCUT2D eigenvalue weighted by atomic mass is 16.1. The van der Waals surface area contributed by atoms with Gasteiger partial charge in [0.05, 0.1) is 0 Å². The van der Waals surface area contributed by atoms with Gasteiger partial charge in [0.15, 0.2) is 0 Å². The molecule has 0 aliphatic heterocycles. The summed E-state index contributed by atoms with van der Waals surface area (Å²) in [5.41, 5.74) is 0. The molecule has 0 aromatic heterocycles. The van der Waals surface area contributed by atoms with E-state index in [9.17, 15) is 9.59 Å². The van der Waals surface area contributed by atoms with E-state index in [-0.39, 0.29) is 0 Å². The summed E-state index contributed by atoms with van der Waals surface area (Å²) < 4.78 is 0. The van der Waals surface area contributed by atoms with Gasteiger partial charge >= 0.3 is 0 Å². The van der Waals surface area contributed by atoms with Crippen LogP contribution in [-0.2, 0) is 9.59 Å². The third-order valence-corrected chi connectivity index (χ3v) is 8.70. The van der Waals surface area contributed by atoms with E-state index in [1.165, 1.54) is 57.8 Å². The number of Topliss-reactive ketones (excluding diaryl/α,β-unsaturated/α-hetero) is 2. The fraction of sp³-hybridized carbons (Fsp3) is 0.920. The molecule has 4 saturated carbocycles. The molecule has 2 nitrogen and oxygen atoms in total. The van der Waals surface area contributed by atoms with Crippen molar-refractivity contribution < 1.29 is 9.59 Å². The maximum Gasteiger partial charge on any atom is 0.139 e. The van der Waals surface area contributed by atoms with Crippen molar-refractivity contribution >= 4 is 11.6 Å². The number of carbonyl (C=O) groups excluding carboxylic acids is 2. The van der Waals surface area contributed by atoms with Crippen LogP contribution in [-0.4, -0.2) is 11.6 Å². The summed E-state index contributed by atoms with van der Waals surface area (Å²) in [4.78, 5) is 25.8. The Kier molecular flexibility index (Phi) is 6.39. The topological polar surface area (TPSA) is 34.1 Å². The van der Waals surface area contributed by atoms with Crippen LogP contribution in [0.1, 0.15) is 103 Å². The summed E-state index contributed by atoms with van der Waals surface area (Å²) in [6, 6.07) is 0. The lowest BCUT2D eigenvalue weighted by Gasteiger charge is -2.40. The quantitative estimate of drug-likeness (QED) is 0.508. The first-order valence-electron chi connectivity index (χ1n) is 12.2. The van der Waals surface area contributed by atoms with Gasteiger partial charge in [-0.3, -0.25) is 9.59 Å². The van der Waals surface area contributed by atoms with Gasteiger partial charge in [-0.1, -0.05) is 58.3 Å². The summed E-state index contributed by atoms with van der Waals surface area (Å²) in [7, 11) is 0. The number of hydrogen-bond acceptors (Lipinski definition) is 2. The zero-order valence-corrected chi connectivity index (χ0v) is 17.5. The monoisotopic (exact) mass is 372 g/mol. The molecular weight excluding hydrogens is 332 g/mol. The Morgan fingerprint density at radius 1 is 0.778 bits per heavy atom. The van der Waals surface area contributed by atoms with Crippen molar-refractivity contribution in [1.29, 1.82) is 0 Å². The molecule has 0 heterocycles. The fourth-order valence-corrected chi connectivity index (χ4v) is 6.82. The normalized spacial score (nSPS) is 42.0. The van der Waals surface area contributed by atoms with E-state index in [0.29, 0.717) is 41.2 Å². The minimum absolute atomic E-state index is 0.317. The molecule has 0 bridgehead atoms. The van der Waals surface area contributed by atoms with E-state index in [1.54, 1.807) is 0 Å². The zero-order chi connectivity index (χ0) is 18.8. The van der Waals surface area contributed by atoms with Crippen LogP contribution in [0.5, 0.6) is 0 Å². The summed E-state index contributed by atoms with van der Waals surface area (Å²) in [6.45, 7) is 2.33. The van der Waals surface area contributed by atoms with Crippen molar-refractivity contribution in [2.24, 2.45) is 41.4 Å². The van der Waals surface area contributed by atoms with Crippen LogP contribution in [0.3, 0.4) is 0 Å². The highest BCUT2D eigenvalue weighted by molar-refractivity contribution is 5.86. The smallest absolute Gasteiger partial charge is 0.139 e. The van der Waals surface area contributed by atoms with E-state index in [0.717, 1.165) is 50.4 Å². The van der Waals surface area contributed by atoms with Crippen LogP contribution in [0, 0.1) is 41.4 Å². The molecule has 0 amide bonds. The molecule has 7 atom stereocenters. The molecule has 4 aliphatic carbocycles. The first kappa shape index (κ1) is 19.6. The van der Waals surface area contributed by atoms with Gasteiger partial charge in [0.2, 0.25) is 0 Å². The van der Waals surface area contributed by atoms with E-state index >= 15 is 0 Å². The lowest BCUT2D eigenvalue weighted by atomic mass is 9.64. The van der Waals surface area contributed by atoms with Gasteiger partial charge in [-0.15, -0.1) is 0 Å². The van der Waals surface area contributed by atoms with E-state index < -0.39 is 0 Å². The van der Waals surface area contributed by atoms with Crippen molar-refractivity contribution in [3.05, 3.63) is 0 Å². The van der Waals surface area contributed by atoms with Crippen molar-refractivity contribution in [3.8, 4) is 0 Å². The molecule has 27 heavy (non-hydrogen) atoms. The number of ketones is 2. The Morgan fingerprint density at radius 3 is 2.44 bits per heavy atom.